The number of halogens is 1. The van der Waals surface area contributed by atoms with E-state index in [1.807, 2.05) is 24.4 Å². The third-order valence-electron chi connectivity index (χ3n) is 2.43. The number of nitrogens with zero attached hydrogens (tertiary/aromatic N) is 1. The summed E-state index contributed by atoms with van der Waals surface area (Å²) < 4.78 is 0. The van der Waals surface area contributed by atoms with E-state index in [-0.39, 0.29) is 0 Å². The molecule has 1 N–H and O–H groups in total. The Morgan fingerprint density at radius 2 is 2.21 bits per heavy atom. The molecule has 2 unspecified atom stereocenters. The zero-order valence-corrected chi connectivity index (χ0v) is 9.46. The molecule has 0 aliphatic carbocycles. The highest BCUT2D eigenvalue weighted by atomic mass is 35.5. The lowest BCUT2D eigenvalue weighted by Crippen LogP contribution is -2.32. The van der Waals surface area contributed by atoms with E-state index >= 15 is 0 Å². The molecule has 0 spiro atoms. The fraction of sp³-hybridized carbons (Fsp3) is 0.545. The van der Waals surface area contributed by atoms with Crippen LogP contribution in [0.3, 0.4) is 0 Å². The van der Waals surface area contributed by atoms with Gasteiger partial charge in [-0.1, -0.05) is 13.0 Å². The molecule has 0 saturated heterocycles. The van der Waals surface area contributed by atoms with Gasteiger partial charge in [0, 0.05) is 24.7 Å². The van der Waals surface area contributed by atoms with E-state index in [2.05, 4.69) is 24.1 Å². The highest BCUT2D eigenvalue weighted by molar-refractivity contribution is 6.18. The van der Waals surface area contributed by atoms with Gasteiger partial charge in [0.25, 0.3) is 0 Å². The summed E-state index contributed by atoms with van der Waals surface area (Å²) in [4.78, 5) is 4.24. The first-order valence-corrected chi connectivity index (χ1v) is 5.46. The average Bonchev–Trinajstić information content (AvgIpc) is 2.26. The first-order chi connectivity index (χ1) is 6.74. The van der Waals surface area contributed by atoms with Gasteiger partial charge in [0.05, 0.1) is 5.69 Å². The summed E-state index contributed by atoms with van der Waals surface area (Å²) in [6, 6.07) is 6.37. The summed E-state index contributed by atoms with van der Waals surface area (Å²) in [5.41, 5.74) is 1.07. The number of pyridine rings is 1. The van der Waals surface area contributed by atoms with Crippen LogP contribution in [0.15, 0.2) is 24.4 Å². The lowest BCUT2D eigenvalue weighted by molar-refractivity contribution is 0.427. The summed E-state index contributed by atoms with van der Waals surface area (Å²) in [7, 11) is 0. The van der Waals surface area contributed by atoms with E-state index in [0.29, 0.717) is 17.8 Å². The Morgan fingerprint density at radius 3 is 2.79 bits per heavy atom. The second kappa shape index (κ2) is 5.99. The van der Waals surface area contributed by atoms with Crippen LogP contribution in [-0.2, 0) is 6.54 Å². The second-order valence-corrected chi connectivity index (χ2v) is 3.93. The Bertz CT molecular complexity index is 251. The molecule has 0 aromatic carbocycles. The SMILES string of the molecule is CC(CCl)C(C)NCc1ccccn1. The molecule has 0 amide bonds. The first kappa shape index (κ1) is 11.5. The van der Waals surface area contributed by atoms with Gasteiger partial charge in [-0.05, 0) is 25.0 Å². The van der Waals surface area contributed by atoms with Gasteiger partial charge < -0.3 is 5.32 Å². The zero-order valence-electron chi connectivity index (χ0n) is 8.70. The maximum atomic E-state index is 5.77. The summed E-state index contributed by atoms with van der Waals surface area (Å²) in [5, 5.41) is 3.40. The molecule has 0 saturated carbocycles. The monoisotopic (exact) mass is 212 g/mol. The normalized spacial score (nSPS) is 15.1. The van der Waals surface area contributed by atoms with Crippen molar-refractivity contribution < 1.29 is 0 Å². The van der Waals surface area contributed by atoms with Crippen molar-refractivity contribution >= 4 is 11.6 Å². The van der Waals surface area contributed by atoms with Crippen molar-refractivity contribution in [2.45, 2.75) is 26.4 Å². The molecule has 0 fully saturated rings. The molecule has 78 valence electrons. The fourth-order valence-corrected chi connectivity index (χ4v) is 1.37. The van der Waals surface area contributed by atoms with Gasteiger partial charge in [-0.3, -0.25) is 4.98 Å². The van der Waals surface area contributed by atoms with Gasteiger partial charge in [-0.2, -0.15) is 0 Å². The van der Waals surface area contributed by atoms with E-state index in [0.717, 1.165) is 12.2 Å². The van der Waals surface area contributed by atoms with Crippen LogP contribution in [0.4, 0.5) is 0 Å². The standard InChI is InChI=1S/C11H17ClN2/c1-9(7-12)10(2)14-8-11-5-3-4-6-13-11/h3-6,9-10,14H,7-8H2,1-2H3. The third kappa shape index (κ3) is 3.64. The van der Waals surface area contributed by atoms with Crippen LogP contribution in [0.1, 0.15) is 19.5 Å². The summed E-state index contributed by atoms with van der Waals surface area (Å²) in [5.74, 6) is 1.18. The average molecular weight is 213 g/mol. The van der Waals surface area contributed by atoms with E-state index < -0.39 is 0 Å². The van der Waals surface area contributed by atoms with Gasteiger partial charge in [0.1, 0.15) is 0 Å². The molecule has 14 heavy (non-hydrogen) atoms. The van der Waals surface area contributed by atoms with Crippen LogP contribution < -0.4 is 5.32 Å². The molecule has 0 aliphatic heterocycles. The Hall–Kier alpha value is -0.600. The molecule has 1 aromatic rings. The van der Waals surface area contributed by atoms with Crippen molar-refractivity contribution in [3.63, 3.8) is 0 Å². The molecule has 2 atom stereocenters. The van der Waals surface area contributed by atoms with Crippen LogP contribution in [0.2, 0.25) is 0 Å². The lowest BCUT2D eigenvalue weighted by atomic mass is 10.1. The number of hydrogen-bond acceptors (Lipinski definition) is 2. The minimum atomic E-state index is 0.425. The van der Waals surface area contributed by atoms with E-state index in [1.165, 1.54) is 0 Å². The lowest BCUT2D eigenvalue weighted by Gasteiger charge is -2.18. The quantitative estimate of drug-likeness (QED) is 0.759. The number of hydrogen-bond donors (Lipinski definition) is 1. The minimum Gasteiger partial charge on any atom is -0.308 e. The van der Waals surface area contributed by atoms with E-state index in [9.17, 15) is 0 Å². The molecule has 0 aliphatic rings. The molecule has 3 heteroatoms. The van der Waals surface area contributed by atoms with Crippen molar-refractivity contribution in [2.75, 3.05) is 5.88 Å². The van der Waals surface area contributed by atoms with Crippen LogP contribution in [0.25, 0.3) is 0 Å². The van der Waals surface area contributed by atoms with Gasteiger partial charge in [0.15, 0.2) is 0 Å². The minimum absolute atomic E-state index is 0.425. The molecule has 1 aromatic heterocycles. The number of rotatable bonds is 5. The Balaban J connectivity index is 2.34. The fourth-order valence-electron chi connectivity index (χ4n) is 1.10. The summed E-state index contributed by atoms with van der Waals surface area (Å²) in [6.45, 7) is 5.10. The summed E-state index contributed by atoms with van der Waals surface area (Å²) >= 11 is 5.77. The van der Waals surface area contributed by atoms with Gasteiger partial charge in [0.2, 0.25) is 0 Å². The van der Waals surface area contributed by atoms with Crippen LogP contribution in [0.5, 0.6) is 0 Å². The topological polar surface area (TPSA) is 24.9 Å². The first-order valence-electron chi connectivity index (χ1n) is 4.93. The maximum Gasteiger partial charge on any atom is 0.0541 e. The van der Waals surface area contributed by atoms with Crippen molar-refractivity contribution in [3.05, 3.63) is 30.1 Å². The van der Waals surface area contributed by atoms with Gasteiger partial charge in [-0.15, -0.1) is 11.6 Å². The number of alkyl halides is 1. The molecule has 1 rings (SSSR count). The molecular weight excluding hydrogens is 196 g/mol. The van der Waals surface area contributed by atoms with Gasteiger partial charge >= 0.3 is 0 Å². The zero-order chi connectivity index (χ0) is 10.4. The highest BCUT2D eigenvalue weighted by Crippen LogP contribution is 2.05. The largest absolute Gasteiger partial charge is 0.308 e. The van der Waals surface area contributed by atoms with Crippen molar-refractivity contribution in [2.24, 2.45) is 5.92 Å². The van der Waals surface area contributed by atoms with Gasteiger partial charge in [-0.25, -0.2) is 0 Å². The smallest absolute Gasteiger partial charge is 0.0541 e. The molecule has 0 bridgehead atoms. The highest BCUT2D eigenvalue weighted by Gasteiger charge is 2.09. The van der Waals surface area contributed by atoms with E-state index in [1.54, 1.807) is 0 Å². The predicted octanol–water partition coefficient (Wildman–Crippen LogP) is 2.43. The molecular formula is C11H17ClN2. The third-order valence-corrected chi connectivity index (χ3v) is 2.92. The predicted molar refractivity (Wildman–Crippen MR) is 60.4 cm³/mol. The Labute approximate surface area is 90.7 Å². The Morgan fingerprint density at radius 1 is 1.43 bits per heavy atom. The van der Waals surface area contributed by atoms with Crippen LogP contribution in [-0.4, -0.2) is 16.9 Å². The molecule has 2 nitrogen and oxygen atoms in total. The van der Waals surface area contributed by atoms with Crippen LogP contribution in [0, 0.1) is 5.92 Å². The molecule has 0 radical (unpaired) electrons. The maximum absolute atomic E-state index is 5.77. The number of nitrogens with one attached hydrogen (secondary N) is 1. The van der Waals surface area contributed by atoms with Crippen molar-refractivity contribution in [1.82, 2.24) is 10.3 Å². The number of aromatic nitrogens is 1. The molecule has 1 heterocycles. The summed E-state index contributed by atoms with van der Waals surface area (Å²) in [6.07, 6.45) is 1.81. The van der Waals surface area contributed by atoms with Crippen molar-refractivity contribution in [1.29, 1.82) is 0 Å². The van der Waals surface area contributed by atoms with E-state index in [4.69, 9.17) is 11.6 Å². The second-order valence-electron chi connectivity index (χ2n) is 3.62. The van der Waals surface area contributed by atoms with Crippen molar-refractivity contribution in [3.8, 4) is 0 Å². The van der Waals surface area contributed by atoms with Crippen LogP contribution >= 0.6 is 11.6 Å². The Kier molecular flexibility index (Phi) is 4.91.